The highest BCUT2D eigenvalue weighted by Crippen LogP contribution is 2.37. The third kappa shape index (κ3) is 6.52. The molecule has 3 aromatic carbocycles. The van der Waals surface area contributed by atoms with Gasteiger partial charge in [-0.2, -0.15) is 0 Å². The maximum Gasteiger partial charge on any atom is 0.180 e. The van der Waals surface area contributed by atoms with Crippen LogP contribution >= 0.6 is 11.6 Å². The molecule has 1 N–H and O–H groups in total. The SMILES string of the molecule is CCOc1cc(CNCCc2ccccc2)cc(Cl)c1OCc1cccc(C)c1. The third-order valence-electron chi connectivity index (χ3n) is 4.60. The minimum absolute atomic E-state index is 0.455. The van der Waals surface area contributed by atoms with Crippen LogP contribution in [-0.4, -0.2) is 13.2 Å². The van der Waals surface area contributed by atoms with Gasteiger partial charge < -0.3 is 14.8 Å². The lowest BCUT2D eigenvalue weighted by atomic mass is 10.1. The van der Waals surface area contributed by atoms with E-state index in [1.54, 1.807) is 0 Å². The van der Waals surface area contributed by atoms with Gasteiger partial charge in [0, 0.05) is 6.54 Å². The summed E-state index contributed by atoms with van der Waals surface area (Å²) in [6.45, 7) is 6.67. The molecule has 4 heteroatoms. The number of hydrogen-bond acceptors (Lipinski definition) is 3. The van der Waals surface area contributed by atoms with E-state index < -0.39 is 0 Å². The third-order valence-corrected chi connectivity index (χ3v) is 4.88. The molecule has 0 atom stereocenters. The molecule has 0 bridgehead atoms. The van der Waals surface area contributed by atoms with Gasteiger partial charge >= 0.3 is 0 Å². The topological polar surface area (TPSA) is 30.5 Å². The van der Waals surface area contributed by atoms with Crippen molar-refractivity contribution >= 4 is 11.6 Å². The van der Waals surface area contributed by atoms with Gasteiger partial charge in [0.05, 0.1) is 11.6 Å². The van der Waals surface area contributed by atoms with Gasteiger partial charge in [0.1, 0.15) is 6.61 Å². The van der Waals surface area contributed by atoms with Crippen LogP contribution in [-0.2, 0) is 19.6 Å². The molecule has 0 radical (unpaired) electrons. The van der Waals surface area contributed by atoms with Crippen molar-refractivity contribution < 1.29 is 9.47 Å². The molecule has 0 aliphatic heterocycles. The smallest absolute Gasteiger partial charge is 0.180 e. The van der Waals surface area contributed by atoms with Crippen molar-refractivity contribution in [3.63, 3.8) is 0 Å². The van der Waals surface area contributed by atoms with Crippen molar-refractivity contribution in [1.82, 2.24) is 5.32 Å². The molecule has 0 amide bonds. The molecule has 29 heavy (non-hydrogen) atoms. The average Bonchev–Trinajstić information content (AvgIpc) is 2.72. The highest BCUT2D eigenvalue weighted by atomic mass is 35.5. The number of rotatable bonds is 10. The Hall–Kier alpha value is -2.49. The van der Waals surface area contributed by atoms with E-state index in [0.717, 1.165) is 30.6 Å². The van der Waals surface area contributed by atoms with Crippen LogP contribution in [0.3, 0.4) is 0 Å². The first-order valence-electron chi connectivity index (χ1n) is 10.0. The molecule has 152 valence electrons. The van der Waals surface area contributed by atoms with Gasteiger partial charge in [-0.05, 0) is 55.6 Å². The van der Waals surface area contributed by atoms with Gasteiger partial charge in [-0.15, -0.1) is 0 Å². The summed E-state index contributed by atoms with van der Waals surface area (Å²) in [4.78, 5) is 0. The predicted molar refractivity (Wildman–Crippen MR) is 120 cm³/mol. The van der Waals surface area contributed by atoms with Crippen molar-refractivity contribution in [2.75, 3.05) is 13.2 Å². The van der Waals surface area contributed by atoms with Crippen LogP contribution in [0.5, 0.6) is 11.5 Å². The Labute approximate surface area is 178 Å². The van der Waals surface area contributed by atoms with Crippen LogP contribution in [0.2, 0.25) is 5.02 Å². The lowest BCUT2D eigenvalue weighted by Gasteiger charge is -2.16. The van der Waals surface area contributed by atoms with Crippen molar-refractivity contribution in [3.05, 3.63) is 94.0 Å². The monoisotopic (exact) mass is 409 g/mol. The van der Waals surface area contributed by atoms with Crippen molar-refractivity contribution in [3.8, 4) is 11.5 Å². The number of ether oxygens (including phenoxy) is 2. The quantitative estimate of drug-likeness (QED) is 0.419. The summed E-state index contributed by atoms with van der Waals surface area (Å²) in [5.41, 5.74) is 4.72. The number of aryl methyl sites for hydroxylation is 1. The molecule has 0 saturated carbocycles. The molecule has 0 fully saturated rings. The molecular weight excluding hydrogens is 382 g/mol. The van der Waals surface area contributed by atoms with E-state index in [2.05, 4.69) is 48.6 Å². The first-order chi connectivity index (χ1) is 14.2. The molecule has 0 aromatic heterocycles. The fourth-order valence-electron chi connectivity index (χ4n) is 3.19. The zero-order valence-electron chi connectivity index (χ0n) is 17.1. The van der Waals surface area contributed by atoms with E-state index in [-0.39, 0.29) is 0 Å². The summed E-state index contributed by atoms with van der Waals surface area (Å²) >= 11 is 6.54. The Kier molecular flexibility index (Phi) is 7.97. The number of hydrogen-bond donors (Lipinski definition) is 1. The van der Waals surface area contributed by atoms with Gasteiger partial charge in [-0.3, -0.25) is 0 Å². The maximum atomic E-state index is 6.54. The molecule has 0 heterocycles. The molecule has 3 rings (SSSR count). The normalized spacial score (nSPS) is 10.7. The van der Waals surface area contributed by atoms with Crippen LogP contribution < -0.4 is 14.8 Å². The van der Waals surface area contributed by atoms with Gasteiger partial charge in [0.15, 0.2) is 11.5 Å². The number of nitrogens with one attached hydrogen (secondary N) is 1. The minimum Gasteiger partial charge on any atom is -0.490 e. The van der Waals surface area contributed by atoms with Crippen molar-refractivity contribution in [2.45, 2.75) is 33.4 Å². The van der Waals surface area contributed by atoms with E-state index in [4.69, 9.17) is 21.1 Å². The van der Waals surface area contributed by atoms with E-state index in [0.29, 0.717) is 29.7 Å². The van der Waals surface area contributed by atoms with Crippen LogP contribution in [0.25, 0.3) is 0 Å². The molecule has 3 aromatic rings. The van der Waals surface area contributed by atoms with Gasteiger partial charge in [-0.25, -0.2) is 0 Å². The molecule has 0 spiro atoms. The second kappa shape index (κ2) is 10.9. The van der Waals surface area contributed by atoms with Crippen molar-refractivity contribution in [1.29, 1.82) is 0 Å². The second-order valence-corrected chi connectivity index (χ2v) is 7.44. The molecule has 0 unspecified atom stereocenters. The molecule has 0 aliphatic rings. The lowest BCUT2D eigenvalue weighted by Crippen LogP contribution is -2.16. The number of halogens is 1. The fourth-order valence-corrected chi connectivity index (χ4v) is 3.48. The highest BCUT2D eigenvalue weighted by molar-refractivity contribution is 6.32. The van der Waals surface area contributed by atoms with Crippen LogP contribution in [0.4, 0.5) is 0 Å². The number of benzene rings is 3. The molecule has 0 saturated heterocycles. The highest BCUT2D eigenvalue weighted by Gasteiger charge is 2.13. The Morgan fingerprint density at radius 1 is 0.862 bits per heavy atom. The Balaban J connectivity index is 1.62. The van der Waals surface area contributed by atoms with Crippen molar-refractivity contribution in [2.24, 2.45) is 0 Å². The molecular formula is C25H28ClNO2. The van der Waals surface area contributed by atoms with Crippen LogP contribution in [0.1, 0.15) is 29.2 Å². The summed E-state index contributed by atoms with van der Waals surface area (Å²) in [5, 5.41) is 4.05. The van der Waals surface area contributed by atoms with E-state index in [9.17, 15) is 0 Å². The zero-order chi connectivity index (χ0) is 20.5. The van der Waals surface area contributed by atoms with Crippen LogP contribution in [0, 0.1) is 6.92 Å². The predicted octanol–water partition coefficient (Wildman–Crippen LogP) is 5.96. The summed E-state index contributed by atoms with van der Waals surface area (Å²) in [6, 6.07) is 22.7. The van der Waals surface area contributed by atoms with Crippen LogP contribution in [0.15, 0.2) is 66.7 Å². The van der Waals surface area contributed by atoms with E-state index >= 15 is 0 Å². The zero-order valence-corrected chi connectivity index (χ0v) is 17.8. The Morgan fingerprint density at radius 3 is 2.41 bits per heavy atom. The summed E-state index contributed by atoms with van der Waals surface area (Å²) in [7, 11) is 0. The summed E-state index contributed by atoms with van der Waals surface area (Å²) in [5.74, 6) is 1.29. The average molecular weight is 410 g/mol. The first-order valence-corrected chi connectivity index (χ1v) is 10.4. The largest absolute Gasteiger partial charge is 0.490 e. The molecule has 3 nitrogen and oxygen atoms in total. The maximum absolute atomic E-state index is 6.54. The summed E-state index contributed by atoms with van der Waals surface area (Å²) < 4.78 is 11.8. The molecule has 0 aliphatic carbocycles. The van der Waals surface area contributed by atoms with Gasteiger partial charge in [-0.1, -0.05) is 71.8 Å². The lowest BCUT2D eigenvalue weighted by molar-refractivity contribution is 0.269. The second-order valence-electron chi connectivity index (χ2n) is 7.03. The standard InChI is InChI=1S/C25H28ClNO2/c1-3-28-24-16-22(17-27-13-12-20-9-5-4-6-10-20)15-23(26)25(24)29-18-21-11-7-8-19(2)14-21/h4-11,14-16,27H,3,12-13,17-18H2,1-2H3. The Bertz CT molecular complexity index is 912. The fraction of sp³-hybridized carbons (Fsp3) is 0.280. The van der Waals surface area contributed by atoms with Gasteiger partial charge in [0.2, 0.25) is 0 Å². The minimum atomic E-state index is 0.455. The van der Waals surface area contributed by atoms with E-state index in [1.165, 1.54) is 11.1 Å². The Morgan fingerprint density at radius 2 is 1.66 bits per heavy atom. The summed E-state index contributed by atoms with van der Waals surface area (Å²) in [6.07, 6.45) is 0.991. The van der Waals surface area contributed by atoms with Gasteiger partial charge in [0.25, 0.3) is 0 Å². The van der Waals surface area contributed by atoms with E-state index in [1.807, 2.05) is 37.3 Å². The first kappa shape index (κ1) is 21.2.